The van der Waals surface area contributed by atoms with Gasteiger partial charge in [-0.1, -0.05) is 6.92 Å². The molecule has 0 aliphatic carbocycles. The van der Waals surface area contributed by atoms with Crippen molar-refractivity contribution < 1.29 is 14.3 Å². The summed E-state index contributed by atoms with van der Waals surface area (Å²) in [5.74, 6) is -2.05. The van der Waals surface area contributed by atoms with Gasteiger partial charge < -0.3 is 5.11 Å². The summed E-state index contributed by atoms with van der Waals surface area (Å²) in [6.45, 7) is 1.74. The van der Waals surface area contributed by atoms with Crippen molar-refractivity contribution in [1.29, 1.82) is 0 Å². The minimum absolute atomic E-state index is 0.194. The van der Waals surface area contributed by atoms with Crippen LogP contribution >= 0.6 is 0 Å². The average molecular weight is 172 g/mol. The Labute approximate surface area is 68.6 Å². The van der Waals surface area contributed by atoms with Crippen LogP contribution in [0.1, 0.15) is 6.92 Å². The Morgan fingerprint density at radius 2 is 2.58 bits per heavy atom. The summed E-state index contributed by atoms with van der Waals surface area (Å²) in [4.78, 5) is 10.4. The van der Waals surface area contributed by atoms with Gasteiger partial charge in [-0.25, -0.2) is 0 Å². The largest absolute Gasteiger partial charge is 0.481 e. The van der Waals surface area contributed by atoms with E-state index in [0.717, 1.165) is 0 Å². The zero-order chi connectivity index (χ0) is 9.14. The van der Waals surface area contributed by atoms with Gasteiger partial charge in [0.15, 0.2) is 0 Å². The topological polar surface area (TPSA) is 55.1 Å². The molecule has 1 atom stereocenters. The van der Waals surface area contributed by atoms with Gasteiger partial charge in [-0.15, -0.1) is 5.10 Å². The normalized spacial score (nSPS) is 12.8. The highest BCUT2D eigenvalue weighted by Gasteiger charge is 2.11. The summed E-state index contributed by atoms with van der Waals surface area (Å²) in [5, 5.41) is 11.9. The number of carbonyl (C=O) groups is 1. The monoisotopic (exact) mass is 172 g/mol. The van der Waals surface area contributed by atoms with Gasteiger partial charge >= 0.3 is 5.97 Å². The summed E-state index contributed by atoms with van der Waals surface area (Å²) in [5.41, 5.74) is 0. The van der Waals surface area contributed by atoms with Crippen LogP contribution in [0.2, 0.25) is 0 Å². The van der Waals surface area contributed by atoms with Gasteiger partial charge in [0.2, 0.25) is 5.95 Å². The lowest BCUT2D eigenvalue weighted by Gasteiger charge is -2.04. The smallest absolute Gasteiger partial charge is 0.308 e. The Morgan fingerprint density at radius 3 is 3.00 bits per heavy atom. The van der Waals surface area contributed by atoms with E-state index in [0.29, 0.717) is 0 Å². The first-order chi connectivity index (χ1) is 5.59. The van der Waals surface area contributed by atoms with Crippen molar-refractivity contribution in [2.45, 2.75) is 13.5 Å². The molecule has 0 aromatic carbocycles. The summed E-state index contributed by atoms with van der Waals surface area (Å²) in [7, 11) is 0. The summed E-state index contributed by atoms with van der Waals surface area (Å²) in [6.07, 6.45) is 1.41. The van der Waals surface area contributed by atoms with E-state index in [1.165, 1.54) is 16.9 Å². The number of carboxylic acids is 1. The molecule has 0 spiro atoms. The molecule has 1 aromatic rings. The first-order valence-corrected chi connectivity index (χ1v) is 3.51. The van der Waals surface area contributed by atoms with Crippen LogP contribution in [0.5, 0.6) is 0 Å². The molecule has 0 aliphatic heterocycles. The summed E-state index contributed by atoms with van der Waals surface area (Å²) in [6, 6.07) is 1.19. The quantitative estimate of drug-likeness (QED) is 0.731. The lowest BCUT2D eigenvalue weighted by Crippen LogP contribution is -2.17. The molecule has 0 bridgehead atoms. The first-order valence-electron chi connectivity index (χ1n) is 3.51. The lowest BCUT2D eigenvalue weighted by molar-refractivity contribution is -0.141. The van der Waals surface area contributed by atoms with Crippen LogP contribution in [0.15, 0.2) is 12.3 Å². The van der Waals surface area contributed by atoms with Gasteiger partial charge in [0.05, 0.1) is 12.5 Å². The molecule has 0 radical (unpaired) electrons. The molecule has 12 heavy (non-hydrogen) atoms. The van der Waals surface area contributed by atoms with Gasteiger partial charge in [0, 0.05) is 12.3 Å². The number of carboxylic acid groups (broad SMARTS) is 1. The second-order valence-corrected chi connectivity index (χ2v) is 2.60. The Hall–Kier alpha value is -1.39. The molecular formula is C7H9FN2O2. The Bertz CT molecular complexity index is 285. The van der Waals surface area contributed by atoms with E-state index in [9.17, 15) is 9.18 Å². The van der Waals surface area contributed by atoms with Crippen LogP contribution < -0.4 is 0 Å². The first kappa shape index (κ1) is 8.70. The number of hydrogen-bond acceptors (Lipinski definition) is 2. The maximum Gasteiger partial charge on any atom is 0.308 e. The number of halogens is 1. The molecular weight excluding hydrogens is 163 g/mol. The maximum absolute atomic E-state index is 12.3. The fraction of sp³-hybridized carbons (Fsp3) is 0.429. The molecule has 1 N–H and O–H groups in total. The predicted octanol–water partition coefficient (Wildman–Crippen LogP) is 0.743. The maximum atomic E-state index is 12.3. The highest BCUT2D eigenvalue weighted by Crippen LogP contribution is 2.00. The number of rotatable bonds is 3. The molecule has 66 valence electrons. The molecule has 1 rings (SSSR count). The van der Waals surface area contributed by atoms with Crippen molar-refractivity contribution in [2.75, 3.05) is 0 Å². The molecule has 0 fully saturated rings. The molecule has 1 unspecified atom stereocenters. The van der Waals surface area contributed by atoms with Crippen LogP contribution in [0.3, 0.4) is 0 Å². The van der Waals surface area contributed by atoms with Crippen molar-refractivity contribution >= 4 is 5.97 Å². The Balaban J connectivity index is 2.58. The third-order valence-corrected chi connectivity index (χ3v) is 1.49. The number of nitrogens with zero attached hydrogens (tertiary/aromatic N) is 2. The van der Waals surface area contributed by atoms with Crippen LogP contribution in [0, 0.1) is 11.9 Å². The van der Waals surface area contributed by atoms with Crippen molar-refractivity contribution in [3.8, 4) is 0 Å². The molecule has 1 heterocycles. The second kappa shape index (κ2) is 3.34. The molecule has 0 saturated heterocycles. The van der Waals surface area contributed by atoms with Crippen molar-refractivity contribution in [3.63, 3.8) is 0 Å². The lowest BCUT2D eigenvalue weighted by atomic mass is 10.2. The third-order valence-electron chi connectivity index (χ3n) is 1.49. The number of aliphatic carboxylic acids is 1. The Morgan fingerprint density at radius 1 is 1.92 bits per heavy atom. The van der Waals surface area contributed by atoms with Gasteiger partial charge in [-0.05, 0) is 0 Å². The van der Waals surface area contributed by atoms with E-state index >= 15 is 0 Å². The predicted molar refractivity (Wildman–Crippen MR) is 39.0 cm³/mol. The minimum atomic E-state index is -0.911. The molecule has 0 saturated carbocycles. The van der Waals surface area contributed by atoms with Gasteiger partial charge in [-0.3, -0.25) is 9.48 Å². The van der Waals surface area contributed by atoms with Crippen molar-refractivity contribution in [2.24, 2.45) is 5.92 Å². The SMILES string of the molecule is CC(Cn1ccc(F)n1)C(=O)O. The van der Waals surface area contributed by atoms with Crippen LogP contribution in [0.4, 0.5) is 4.39 Å². The van der Waals surface area contributed by atoms with Gasteiger partial charge in [0.1, 0.15) is 0 Å². The third kappa shape index (κ3) is 2.05. The average Bonchev–Trinajstić information content (AvgIpc) is 2.35. The zero-order valence-electron chi connectivity index (χ0n) is 6.57. The standard InChI is InChI=1S/C7H9FN2O2/c1-5(7(11)12)4-10-3-2-6(8)9-10/h2-3,5H,4H2,1H3,(H,11,12). The van der Waals surface area contributed by atoms with E-state index < -0.39 is 17.8 Å². The molecule has 0 amide bonds. The second-order valence-electron chi connectivity index (χ2n) is 2.60. The van der Waals surface area contributed by atoms with Crippen LogP contribution in [-0.4, -0.2) is 20.9 Å². The Kier molecular flexibility index (Phi) is 2.42. The molecule has 0 aliphatic rings. The fourth-order valence-electron chi connectivity index (χ4n) is 0.797. The van der Waals surface area contributed by atoms with E-state index in [-0.39, 0.29) is 6.54 Å². The van der Waals surface area contributed by atoms with Gasteiger partial charge in [0.25, 0.3) is 0 Å². The minimum Gasteiger partial charge on any atom is -0.481 e. The van der Waals surface area contributed by atoms with Crippen LogP contribution in [0.25, 0.3) is 0 Å². The van der Waals surface area contributed by atoms with E-state index in [4.69, 9.17) is 5.11 Å². The number of aromatic nitrogens is 2. The van der Waals surface area contributed by atoms with E-state index in [1.807, 2.05) is 0 Å². The molecule has 5 heteroatoms. The zero-order valence-corrected chi connectivity index (χ0v) is 6.57. The summed E-state index contributed by atoms with van der Waals surface area (Å²) >= 11 is 0. The van der Waals surface area contributed by atoms with Gasteiger partial charge in [-0.2, -0.15) is 4.39 Å². The summed E-state index contributed by atoms with van der Waals surface area (Å²) < 4.78 is 13.6. The van der Waals surface area contributed by atoms with Crippen molar-refractivity contribution in [3.05, 3.63) is 18.2 Å². The fourth-order valence-corrected chi connectivity index (χ4v) is 0.797. The number of hydrogen-bond donors (Lipinski definition) is 1. The highest BCUT2D eigenvalue weighted by molar-refractivity contribution is 5.69. The molecule has 4 nitrogen and oxygen atoms in total. The van der Waals surface area contributed by atoms with E-state index in [1.54, 1.807) is 6.92 Å². The van der Waals surface area contributed by atoms with Crippen molar-refractivity contribution in [1.82, 2.24) is 9.78 Å². The highest BCUT2D eigenvalue weighted by atomic mass is 19.1. The van der Waals surface area contributed by atoms with Crippen LogP contribution in [-0.2, 0) is 11.3 Å². The molecule has 1 aromatic heterocycles. The van der Waals surface area contributed by atoms with E-state index in [2.05, 4.69) is 5.10 Å².